The van der Waals surface area contributed by atoms with E-state index in [9.17, 15) is 4.79 Å². The number of piperazine rings is 1. The Balaban J connectivity index is 1.12. The number of ether oxygens (including phenoxy) is 1. The molecule has 204 valence electrons. The maximum Gasteiger partial charge on any atom is 0.273 e. The molecule has 9 nitrogen and oxygen atoms in total. The molecule has 1 aliphatic rings. The first-order valence-electron chi connectivity index (χ1n) is 12.9. The lowest BCUT2D eigenvalue weighted by Crippen LogP contribution is -2.49. The Bertz CT molecular complexity index is 1590. The predicted molar refractivity (Wildman–Crippen MR) is 157 cm³/mol. The lowest BCUT2D eigenvalue weighted by molar-refractivity contribution is 0.0741. The normalized spacial score (nSPS) is 13.6. The number of aromatic nitrogens is 4. The number of hydrogen-bond acceptors (Lipinski definition) is 9. The molecule has 4 heterocycles. The van der Waals surface area contributed by atoms with Crippen molar-refractivity contribution < 1.29 is 13.9 Å². The van der Waals surface area contributed by atoms with Gasteiger partial charge in [-0.2, -0.15) is 0 Å². The van der Waals surface area contributed by atoms with Crippen LogP contribution in [0, 0.1) is 6.92 Å². The number of nitrogens with zero attached hydrogens (tertiary/aromatic N) is 6. The van der Waals surface area contributed by atoms with Crippen molar-refractivity contribution in [2.75, 3.05) is 38.2 Å². The van der Waals surface area contributed by atoms with Gasteiger partial charge in [0.05, 0.1) is 24.8 Å². The summed E-state index contributed by atoms with van der Waals surface area (Å²) < 4.78 is 13.1. The molecular formula is C29H28N6O3S2. The number of thiazole rings is 1. The molecule has 0 aliphatic carbocycles. The number of thioether (sulfide) groups is 1. The van der Waals surface area contributed by atoms with Crippen LogP contribution < -0.4 is 9.64 Å². The fourth-order valence-corrected chi connectivity index (χ4v) is 6.40. The van der Waals surface area contributed by atoms with E-state index in [0.29, 0.717) is 36.1 Å². The van der Waals surface area contributed by atoms with Crippen molar-refractivity contribution in [3.8, 4) is 23.0 Å². The number of carbonyl (C=O) groups excluding carboxylic acids is 1. The number of rotatable bonds is 8. The lowest BCUT2D eigenvalue weighted by atomic mass is 10.2. The van der Waals surface area contributed by atoms with Crippen LogP contribution in [0.5, 0.6) is 5.75 Å². The SMILES string of the molecule is COc1ccccc1N1CCN(C(=O)c2csc(CSc3nnc(-c4ccco4)n3-c3ccc(C)cc3)n2)CC1. The summed E-state index contributed by atoms with van der Waals surface area (Å²) in [6, 6.07) is 19.9. The minimum absolute atomic E-state index is 0.0323. The molecule has 0 saturated carbocycles. The summed E-state index contributed by atoms with van der Waals surface area (Å²) in [5.74, 6) is 2.67. The maximum absolute atomic E-state index is 13.2. The zero-order valence-electron chi connectivity index (χ0n) is 22.2. The largest absolute Gasteiger partial charge is 0.495 e. The van der Waals surface area contributed by atoms with E-state index in [1.165, 1.54) is 28.7 Å². The van der Waals surface area contributed by atoms with Crippen LogP contribution in [-0.4, -0.2) is 63.8 Å². The predicted octanol–water partition coefficient (Wildman–Crippen LogP) is 5.56. The van der Waals surface area contributed by atoms with Gasteiger partial charge in [0.25, 0.3) is 5.91 Å². The number of amides is 1. The number of carbonyl (C=O) groups is 1. The van der Waals surface area contributed by atoms with Gasteiger partial charge in [0.15, 0.2) is 10.9 Å². The molecule has 40 heavy (non-hydrogen) atoms. The number of furan rings is 1. The first-order chi connectivity index (χ1) is 19.6. The molecule has 5 aromatic rings. The van der Waals surface area contributed by atoms with E-state index in [4.69, 9.17) is 9.15 Å². The smallest absolute Gasteiger partial charge is 0.273 e. The number of para-hydroxylation sites is 2. The van der Waals surface area contributed by atoms with Crippen molar-refractivity contribution in [3.63, 3.8) is 0 Å². The van der Waals surface area contributed by atoms with Crippen LogP contribution in [0.3, 0.4) is 0 Å². The second kappa shape index (κ2) is 11.6. The van der Waals surface area contributed by atoms with Crippen LogP contribution in [0.15, 0.2) is 81.9 Å². The summed E-state index contributed by atoms with van der Waals surface area (Å²) in [6.45, 7) is 4.80. The van der Waals surface area contributed by atoms with E-state index in [-0.39, 0.29) is 5.91 Å². The highest BCUT2D eigenvalue weighted by Crippen LogP contribution is 2.31. The van der Waals surface area contributed by atoms with Crippen LogP contribution in [0.4, 0.5) is 5.69 Å². The Morgan fingerprint density at radius 3 is 2.58 bits per heavy atom. The molecule has 0 unspecified atom stereocenters. The Morgan fingerprint density at radius 1 is 1.02 bits per heavy atom. The topological polar surface area (TPSA) is 89.5 Å². The number of anilines is 1. The molecule has 0 bridgehead atoms. The highest BCUT2D eigenvalue weighted by molar-refractivity contribution is 7.98. The first kappa shape index (κ1) is 26.1. The summed E-state index contributed by atoms with van der Waals surface area (Å²) in [5, 5.41) is 12.3. The van der Waals surface area contributed by atoms with Gasteiger partial charge in [0.2, 0.25) is 5.82 Å². The second-order valence-corrected chi connectivity index (χ2v) is 11.2. The highest BCUT2D eigenvalue weighted by Gasteiger charge is 2.25. The van der Waals surface area contributed by atoms with E-state index in [1.54, 1.807) is 13.4 Å². The molecule has 1 aliphatic heterocycles. The third-order valence-electron chi connectivity index (χ3n) is 6.76. The molecule has 0 atom stereocenters. The Morgan fingerprint density at radius 2 is 1.82 bits per heavy atom. The number of benzene rings is 2. The molecule has 0 spiro atoms. The molecular weight excluding hydrogens is 544 g/mol. The van der Waals surface area contributed by atoms with Gasteiger partial charge in [-0.15, -0.1) is 21.5 Å². The summed E-state index contributed by atoms with van der Waals surface area (Å²) in [7, 11) is 1.68. The van der Waals surface area contributed by atoms with E-state index in [0.717, 1.165) is 40.4 Å². The Hall–Kier alpha value is -4.09. The van der Waals surface area contributed by atoms with Gasteiger partial charge in [-0.1, -0.05) is 41.6 Å². The van der Waals surface area contributed by atoms with Crippen molar-refractivity contribution in [1.29, 1.82) is 0 Å². The second-order valence-electron chi connectivity index (χ2n) is 9.32. The first-order valence-corrected chi connectivity index (χ1v) is 14.8. The zero-order valence-corrected chi connectivity index (χ0v) is 23.8. The summed E-state index contributed by atoms with van der Waals surface area (Å²) in [5.41, 5.74) is 3.67. The van der Waals surface area contributed by atoms with Gasteiger partial charge >= 0.3 is 0 Å². The monoisotopic (exact) mass is 572 g/mol. The molecule has 1 amide bonds. The minimum atomic E-state index is -0.0323. The van der Waals surface area contributed by atoms with Crippen LogP contribution in [0.25, 0.3) is 17.3 Å². The summed E-state index contributed by atoms with van der Waals surface area (Å²) >= 11 is 3.02. The quantitative estimate of drug-likeness (QED) is 0.224. The van der Waals surface area contributed by atoms with E-state index in [2.05, 4.69) is 45.2 Å². The summed E-state index contributed by atoms with van der Waals surface area (Å²) in [4.78, 5) is 22.0. The Labute approximate surface area is 240 Å². The standard InChI is InChI=1S/C29H28N6O3S2/c1-20-9-11-21(12-10-20)35-27(25-8-5-17-38-25)31-32-29(35)40-19-26-30-22(18-39-26)28(36)34-15-13-33(14-16-34)23-6-3-4-7-24(23)37-2/h3-12,17-18H,13-16,19H2,1-2H3. The van der Waals surface area contributed by atoms with Crippen molar-refractivity contribution in [2.24, 2.45) is 0 Å². The van der Waals surface area contributed by atoms with E-state index >= 15 is 0 Å². The van der Waals surface area contributed by atoms with E-state index in [1.807, 2.05) is 57.3 Å². The van der Waals surface area contributed by atoms with Crippen molar-refractivity contribution in [3.05, 3.63) is 88.6 Å². The highest BCUT2D eigenvalue weighted by atomic mass is 32.2. The zero-order chi connectivity index (χ0) is 27.5. The molecule has 1 fully saturated rings. The van der Waals surface area contributed by atoms with Crippen molar-refractivity contribution in [2.45, 2.75) is 17.8 Å². The van der Waals surface area contributed by atoms with Crippen molar-refractivity contribution >= 4 is 34.7 Å². The Kier molecular flexibility index (Phi) is 7.56. The fourth-order valence-electron chi connectivity index (χ4n) is 4.66. The maximum atomic E-state index is 13.2. The molecule has 11 heteroatoms. The number of hydrogen-bond donors (Lipinski definition) is 0. The third kappa shape index (κ3) is 5.34. The van der Waals surface area contributed by atoms with Gasteiger partial charge in [0.1, 0.15) is 16.5 Å². The minimum Gasteiger partial charge on any atom is -0.495 e. The number of aryl methyl sites for hydroxylation is 1. The van der Waals surface area contributed by atoms with Crippen LogP contribution in [-0.2, 0) is 5.75 Å². The van der Waals surface area contributed by atoms with Gasteiger partial charge in [-0.3, -0.25) is 9.36 Å². The molecule has 6 rings (SSSR count). The van der Waals surface area contributed by atoms with Crippen LogP contribution >= 0.6 is 23.1 Å². The fraction of sp³-hybridized carbons (Fsp3) is 0.241. The molecule has 1 saturated heterocycles. The number of methoxy groups -OCH3 is 1. The molecule has 3 aromatic heterocycles. The third-order valence-corrected chi connectivity index (χ3v) is 8.73. The van der Waals surface area contributed by atoms with Gasteiger partial charge < -0.3 is 19.0 Å². The van der Waals surface area contributed by atoms with Gasteiger partial charge in [-0.05, 0) is 43.3 Å². The van der Waals surface area contributed by atoms with Crippen LogP contribution in [0.1, 0.15) is 21.1 Å². The molecule has 2 aromatic carbocycles. The lowest BCUT2D eigenvalue weighted by Gasteiger charge is -2.36. The van der Waals surface area contributed by atoms with Crippen molar-refractivity contribution in [1.82, 2.24) is 24.6 Å². The van der Waals surface area contributed by atoms with Crippen LogP contribution in [0.2, 0.25) is 0 Å². The van der Waals surface area contributed by atoms with E-state index < -0.39 is 0 Å². The van der Waals surface area contributed by atoms with Gasteiger partial charge in [-0.25, -0.2) is 4.98 Å². The summed E-state index contributed by atoms with van der Waals surface area (Å²) in [6.07, 6.45) is 1.63. The molecule has 0 radical (unpaired) electrons. The average Bonchev–Trinajstić information content (AvgIpc) is 3.77. The average molecular weight is 573 g/mol. The van der Waals surface area contributed by atoms with Gasteiger partial charge in [0, 0.05) is 37.2 Å². The molecule has 0 N–H and O–H groups in total.